The number of carbonyl (C=O) groups excluding carboxylic acids is 1. The van der Waals surface area contributed by atoms with E-state index in [4.69, 9.17) is 10.6 Å². The average molecular weight is 266 g/mol. The third kappa shape index (κ3) is 5.72. The van der Waals surface area contributed by atoms with Crippen LogP contribution in [0.3, 0.4) is 0 Å². The Hall–Kier alpha value is -1.59. The second-order valence-corrected chi connectivity index (χ2v) is 5.40. The molecule has 0 saturated heterocycles. The van der Waals surface area contributed by atoms with Crippen LogP contribution in [0.1, 0.15) is 31.9 Å². The number of anilines is 1. The number of nitrogens with one attached hydrogen (secondary N) is 1. The summed E-state index contributed by atoms with van der Waals surface area (Å²) in [6.07, 6.45) is 0.239. The molecule has 1 aromatic carbocycles. The third-order valence-electron chi connectivity index (χ3n) is 2.45. The number of carbonyl (C=O) groups is 1. The molecule has 0 aliphatic rings. The number of aryl methyl sites for hydroxylation is 1. The molecule has 0 bridgehead atoms. The molecule has 0 saturated carbocycles. The summed E-state index contributed by atoms with van der Waals surface area (Å²) in [5.74, 6) is 5.00. The van der Waals surface area contributed by atoms with E-state index in [2.05, 4.69) is 10.2 Å². The number of hydrogen-bond donors (Lipinski definition) is 2. The van der Waals surface area contributed by atoms with Crippen molar-refractivity contribution in [3.05, 3.63) is 29.3 Å². The van der Waals surface area contributed by atoms with Crippen molar-refractivity contribution in [2.45, 2.75) is 39.7 Å². The molecular weight excluding hydrogens is 244 g/mol. The van der Waals surface area contributed by atoms with Crippen molar-refractivity contribution in [2.75, 3.05) is 11.9 Å². The zero-order chi connectivity index (χ0) is 14.5. The summed E-state index contributed by atoms with van der Waals surface area (Å²) in [6, 6.07) is 5.82. The van der Waals surface area contributed by atoms with E-state index in [1.807, 2.05) is 45.9 Å². The Bertz CT molecular complexity index is 439. The van der Waals surface area contributed by atoms with Gasteiger partial charge >= 0.3 is 6.09 Å². The molecule has 3 N–H and O–H groups in total. The zero-order valence-corrected chi connectivity index (χ0v) is 11.9. The van der Waals surface area contributed by atoms with Gasteiger partial charge in [0, 0.05) is 5.69 Å². The molecule has 1 aromatic rings. The summed E-state index contributed by atoms with van der Waals surface area (Å²) in [5, 5.41) is 2.75. The van der Waals surface area contributed by atoms with Gasteiger partial charge in [-0.15, -0.1) is 0 Å². The van der Waals surface area contributed by atoms with E-state index in [0.29, 0.717) is 13.0 Å². The van der Waals surface area contributed by atoms with Gasteiger partial charge in [-0.2, -0.15) is 0 Å². The molecule has 0 fully saturated rings. The fraction of sp³-hybridized carbons (Fsp3) is 0.500. The second-order valence-electron chi connectivity index (χ2n) is 5.40. The van der Waals surface area contributed by atoms with Gasteiger partial charge in [-0.3, -0.25) is 5.32 Å². The number of amides is 1. The predicted molar refractivity (Wildman–Crippen MR) is 74.9 cm³/mol. The van der Waals surface area contributed by atoms with Gasteiger partial charge in [-0.1, -0.05) is 12.1 Å². The van der Waals surface area contributed by atoms with E-state index in [9.17, 15) is 4.79 Å². The summed E-state index contributed by atoms with van der Waals surface area (Å²) in [5.41, 5.74) is 2.25. The average Bonchev–Trinajstić information content (AvgIpc) is 2.27. The highest BCUT2D eigenvalue weighted by Crippen LogP contribution is 2.18. The van der Waals surface area contributed by atoms with Gasteiger partial charge in [-0.05, 0) is 51.3 Å². The highest BCUT2D eigenvalue weighted by atomic mass is 16.6. The first-order chi connectivity index (χ1) is 8.81. The first kappa shape index (κ1) is 15.5. The van der Waals surface area contributed by atoms with Crippen molar-refractivity contribution >= 4 is 11.8 Å². The minimum atomic E-state index is -0.511. The van der Waals surface area contributed by atoms with Crippen molar-refractivity contribution in [3.63, 3.8) is 0 Å². The van der Waals surface area contributed by atoms with Crippen molar-refractivity contribution in [1.29, 1.82) is 0 Å². The monoisotopic (exact) mass is 266 g/mol. The Morgan fingerprint density at radius 1 is 1.37 bits per heavy atom. The quantitative estimate of drug-likeness (QED) is 0.822. The lowest BCUT2D eigenvalue weighted by Crippen LogP contribution is -2.27. The van der Waals surface area contributed by atoms with E-state index in [1.165, 1.54) is 0 Å². The molecule has 0 aliphatic carbocycles. The smallest absolute Gasteiger partial charge is 0.412 e. The van der Waals surface area contributed by atoms with Crippen LogP contribution in [0.2, 0.25) is 0 Å². The maximum Gasteiger partial charge on any atom is 0.412 e. The molecule has 19 heavy (non-hydrogen) atoms. The standard InChI is InChI=1S/C14H22N2O3/c1-10-5-6-11(7-8-18-15)9-12(10)16-13(17)19-14(2,3)4/h5-6,9H,7-8,15H2,1-4H3,(H,16,17). The van der Waals surface area contributed by atoms with E-state index < -0.39 is 11.7 Å². The highest BCUT2D eigenvalue weighted by Gasteiger charge is 2.16. The van der Waals surface area contributed by atoms with Crippen molar-refractivity contribution < 1.29 is 14.4 Å². The molecule has 0 atom stereocenters. The van der Waals surface area contributed by atoms with E-state index in [0.717, 1.165) is 16.8 Å². The van der Waals surface area contributed by atoms with Crippen LogP contribution >= 0.6 is 0 Å². The molecule has 0 aromatic heterocycles. The Labute approximate surface area is 114 Å². The molecule has 0 spiro atoms. The lowest BCUT2D eigenvalue weighted by Gasteiger charge is -2.20. The maximum atomic E-state index is 11.7. The van der Waals surface area contributed by atoms with Crippen LogP contribution in [0.5, 0.6) is 0 Å². The van der Waals surface area contributed by atoms with Crippen molar-refractivity contribution in [1.82, 2.24) is 0 Å². The van der Waals surface area contributed by atoms with Gasteiger partial charge < -0.3 is 9.57 Å². The summed E-state index contributed by atoms with van der Waals surface area (Å²) in [6.45, 7) is 7.85. The molecule has 5 nitrogen and oxygen atoms in total. The van der Waals surface area contributed by atoms with Crippen LogP contribution in [0.4, 0.5) is 10.5 Å². The Morgan fingerprint density at radius 3 is 2.63 bits per heavy atom. The third-order valence-corrected chi connectivity index (χ3v) is 2.45. The van der Waals surface area contributed by atoms with E-state index >= 15 is 0 Å². The molecule has 0 unspecified atom stereocenters. The molecule has 0 heterocycles. The first-order valence-electron chi connectivity index (χ1n) is 6.23. The highest BCUT2D eigenvalue weighted by molar-refractivity contribution is 5.86. The van der Waals surface area contributed by atoms with Gasteiger partial charge in [0.15, 0.2) is 0 Å². The molecule has 0 aliphatic heterocycles. The Kier molecular flexibility index (Phi) is 5.32. The maximum absolute atomic E-state index is 11.7. The van der Waals surface area contributed by atoms with Gasteiger partial charge in [0.05, 0.1) is 6.61 Å². The lowest BCUT2D eigenvalue weighted by atomic mass is 10.1. The SMILES string of the molecule is Cc1ccc(CCON)cc1NC(=O)OC(C)(C)C. The number of ether oxygens (including phenoxy) is 1. The van der Waals surface area contributed by atoms with Gasteiger partial charge in [0.2, 0.25) is 0 Å². The van der Waals surface area contributed by atoms with Gasteiger partial charge in [-0.25, -0.2) is 10.7 Å². The predicted octanol–water partition coefficient (Wildman–Crippen LogP) is 2.77. The fourth-order valence-electron chi connectivity index (χ4n) is 1.55. The van der Waals surface area contributed by atoms with E-state index in [1.54, 1.807) is 0 Å². The number of nitrogens with two attached hydrogens (primary N) is 1. The van der Waals surface area contributed by atoms with Gasteiger partial charge in [0.1, 0.15) is 5.60 Å². The Morgan fingerprint density at radius 2 is 2.05 bits per heavy atom. The van der Waals surface area contributed by atoms with Crippen LogP contribution < -0.4 is 11.2 Å². The minimum Gasteiger partial charge on any atom is -0.444 e. The van der Waals surface area contributed by atoms with Gasteiger partial charge in [0.25, 0.3) is 0 Å². The molecule has 0 radical (unpaired) electrons. The lowest BCUT2D eigenvalue weighted by molar-refractivity contribution is 0.0636. The van der Waals surface area contributed by atoms with Crippen molar-refractivity contribution in [3.8, 4) is 0 Å². The molecular formula is C14H22N2O3. The summed E-state index contributed by atoms with van der Waals surface area (Å²) >= 11 is 0. The number of hydrogen-bond acceptors (Lipinski definition) is 4. The van der Waals surface area contributed by atoms with Crippen molar-refractivity contribution in [2.24, 2.45) is 5.90 Å². The molecule has 106 valence electrons. The molecule has 5 heteroatoms. The fourth-order valence-corrected chi connectivity index (χ4v) is 1.55. The van der Waals surface area contributed by atoms with Crippen LogP contribution in [-0.2, 0) is 16.0 Å². The molecule has 1 amide bonds. The second kappa shape index (κ2) is 6.54. The van der Waals surface area contributed by atoms with Crippen LogP contribution in [0.25, 0.3) is 0 Å². The first-order valence-corrected chi connectivity index (χ1v) is 6.23. The number of benzene rings is 1. The minimum absolute atomic E-state index is 0.439. The van der Waals surface area contributed by atoms with E-state index in [-0.39, 0.29) is 0 Å². The van der Waals surface area contributed by atoms with Crippen LogP contribution in [0, 0.1) is 6.92 Å². The van der Waals surface area contributed by atoms with Crippen LogP contribution in [-0.4, -0.2) is 18.3 Å². The van der Waals surface area contributed by atoms with Crippen LogP contribution in [0.15, 0.2) is 18.2 Å². The largest absolute Gasteiger partial charge is 0.444 e. The summed E-state index contributed by atoms with van der Waals surface area (Å²) in [4.78, 5) is 16.3. The topological polar surface area (TPSA) is 73.6 Å². The summed E-state index contributed by atoms with van der Waals surface area (Å²) < 4.78 is 5.22. The normalized spacial score (nSPS) is 11.2. The number of rotatable bonds is 4. The zero-order valence-electron chi connectivity index (χ0n) is 11.9. The summed E-state index contributed by atoms with van der Waals surface area (Å²) in [7, 11) is 0. The Balaban J connectivity index is 2.73. The molecule has 1 rings (SSSR count).